The van der Waals surface area contributed by atoms with E-state index in [4.69, 9.17) is 4.42 Å². The number of para-hydroxylation sites is 2. The van der Waals surface area contributed by atoms with Crippen molar-refractivity contribution in [1.82, 2.24) is 0 Å². The number of hydrogen-bond acceptors (Lipinski definition) is 2. The Bertz CT molecular complexity index is 2540. The lowest BCUT2D eigenvalue weighted by Gasteiger charge is -2.26. The van der Waals surface area contributed by atoms with E-state index in [1.54, 1.807) is 0 Å². The van der Waals surface area contributed by atoms with Gasteiger partial charge in [0, 0.05) is 22.1 Å². The highest BCUT2D eigenvalue weighted by Gasteiger charge is 2.20. The molecule has 1 heterocycles. The van der Waals surface area contributed by atoms with Crippen molar-refractivity contribution in [2.45, 2.75) is 0 Å². The Morgan fingerprint density at radius 1 is 0.354 bits per heavy atom. The summed E-state index contributed by atoms with van der Waals surface area (Å²) in [4.78, 5) is 2.32. The molecule has 0 saturated carbocycles. The van der Waals surface area contributed by atoms with Crippen molar-refractivity contribution in [1.29, 1.82) is 0 Å². The van der Waals surface area contributed by atoms with Gasteiger partial charge in [0.05, 0.1) is 5.69 Å². The topological polar surface area (TPSA) is 16.4 Å². The summed E-state index contributed by atoms with van der Waals surface area (Å²) in [7, 11) is 0. The molecule has 48 heavy (non-hydrogen) atoms. The molecular formula is C46H31NO. The molecule has 0 amide bonds. The van der Waals surface area contributed by atoms with Gasteiger partial charge in [-0.2, -0.15) is 0 Å². The minimum atomic E-state index is 0.870. The second-order valence-corrected chi connectivity index (χ2v) is 12.2. The van der Waals surface area contributed by atoms with Gasteiger partial charge in [-0.05, 0) is 80.6 Å². The Balaban J connectivity index is 1.17. The van der Waals surface area contributed by atoms with Gasteiger partial charge in [0.15, 0.2) is 5.58 Å². The van der Waals surface area contributed by atoms with Gasteiger partial charge in [-0.1, -0.05) is 152 Å². The quantitative estimate of drug-likeness (QED) is 0.185. The molecule has 9 rings (SSSR count). The van der Waals surface area contributed by atoms with Gasteiger partial charge in [-0.3, -0.25) is 0 Å². The molecule has 2 heteroatoms. The fourth-order valence-electron chi connectivity index (χ4n) is 6.91. The molecule has 0 atom stereocenters. The Morgan fingerprint density at radius 2 is 0.917 bits per heavy atom. The largest absolute Gasteiger partial charge is 0.454 e. The second kappa shape index (κ2) is 11.8. The zero-order valence-electron chi connectivity index (χ0n) is 26.3. The molecule has 9 aromatic rings. The summed E-state index contributed by atoms with van der Waals surface area (Å²) >= 11 is 0. The van der Waals surface area contributed by atoms with Crippen LogP contribution < -0.4 is 4.90 Å². The molecule has 0 radical (unpaired) electrons. The SMILES string of the molecule is c1ccc(-c2ccc(-c3ccc(N(c4cccc(-c5cccc6ccccc56)c4)c4cccc5c4oc4ccccc45)cc3)cc2)cc1. The van der Waals surface area contributed by atoms with Crippen molar-refractivity contribution in [3.8, 4) is 33.4 Å². The van der Waals surface area contributed by atoms with Gasteiger partial charge in [-0.15, -0.1) is 0 Å². The van der Waals surface area contributed by atoms with E-state index in [1.165, 1.54) is 44.2 Å². The fraction of sp³-hybridized carbons (Fsp3) is 0. The van der Waals surface area contributed by atoms with E-state index < -0.39 is 0 Å². The van der Waals surface area contributed by atoms with Gasteiger partial charge >= 0.3 is 0 Å². The van der Waals surface area contributed by atoms with Crippen LogP contribution in [0.25, 0.3) is 66.1 Å². The third kappa shape index (κ3) is 4.92. The van der Waals surface area contributed by atoms with Crippen LogP contribution in [-0.4, -0.2) is 0 Å². The van der Waals surface area contributed by atoms with Gasteiger partial charge in [0.25, 0.3) is 0 Å². The molecule has 226 valence electrons. The number of hydrogen-bond donors (Lipinski definition) is 0. The van der Waals surface area contributed by atoms with Crippen molar-refractivity contribution in [3.05, 3.63) is 188 Å². The molecule has 2 nitrogen and oxygen atoms in total. The van der Waals surface area contributed by atoms with Crippen molar-refractivity contribution >= 4 is 49.8 Å². The summed E-state index contributed by atoms with van der Waals surface area (Å²) in [6.07, 6.45) is 0. The first-order chi connectivity index (χ1) is 23.8. The van der Waals surface area contributed by atoms with Crippen LogP contribution in [-0.2, 0) is 0 Å². The molecule has 0 saturated heterocycles. The van der Waals surface area contributed by atoms with Gasteiger partial charge < -0.3 is 9.32 Å². The van der Waals surface area contributed by atoms with Crippen LogP contribution in [0.4, 0.5) is 17.1 Å². The van der Waals surface area contributed by atoms with Crippen LogP contribution in [0.15, 0.2) is 192 Å². The summed E-state index contributed by atoms with van der Waals surface area (Å²) in [5, 5.41) is 4.70. The van der Waals surface area contributed by atoms with Crippen LogP contribution in [0, 0.1) is 0 Å². The smallest absolute Gasteiger partial charge is 0.159 e. The summed E-state index contributed by atoms with van der Waals surface area (Å²) in [5.74, 6) is 0. The maximum Gasteiger partial charge on any atom is 0.159 e. The maximum absolute atomic E-state index is 6.58. The summed E-state index contributed by atoms with van der Waals surface area (Å²) < 4.78 is 6.58. The van der Waals surface area contributed by atoms with E-state index in [0.29, 0.717) is 0 Å². The van der Waals surface area contributed by atoms with E-state index in [2.05, 4.69) is 181 Å². The second-order valence-electron chi connectivity index (χ2n) is 12.2. The number of anilines is 3. The molecule has 0 aliphatic rings. The summed E-state index contributed by atoms with van der Waals surface area (Å²) in [6, 6.07) is 66.8. The number of nitrogens with zero attached hydrogens (tertiary/aromatic N) is 1. The van der Waals surface area contributed by atoms with E-state index in [1.807, 2.05) is 12.1 Å². The lowest BCUT2D eigenvalue weighted by Crippen LogP contribution is -2.10. The van der Waals surface area contributed by atoms with Crippen LogP contribution in [0.5, 0.6) is 0 Å². The molecule has 0 unspecified atom stereocenters. The highest BCUT2D eigenvalue weighted by atomic mass is 16.3. The molecule has 0 N–H and O–H groups in total. The van der Waals surface area contributed by atoms with Crippen molar-refractivity contribution in [2.75, 3.05) is 4.90 Å². The van der Waals surface area contributed by atoms with E-state index in [-0.39, 0.29) is 0 Å². The average Bonchev–Trinajstić information content (AvgIpc) is 3.55. The van der Waals surface area contributed by atoms with E-state index in [0.717, 1.165) is 39.0 Å². The summed E-state index contributed by atoms with van der Waals surface area (Å²) in [6.45, 7) is 0. The molecule has 0 aliphatic carbocycles. The lowest BCUT2D eigenvalue weighted by atomic mass is 9.97. The average molecular weight is 614 g/mol. The van der Waals surface area contributed by atoms with E-state index >= 15 is 0 Å². The predicted octanol–water partition coefficient (Wildman–Crippen LogP) is 13.2. The fourth-order valence-corrected chi connectivity index (χ4v) is 6.91. The van der Waals surface area contributed by atoms with Crippen LogP contribution >= 0.6 is 0 Å². The maximum atomic E-state index is 6.58. The van der Waals surface area contributed by atoms with Crippen LogP contribution in [0.3, 0.4) is 0 Å². The first kappa shape index (κ1) is 27.9. The zero-order valence-corrected chi connectivity index (χ0v) is 26.3. The van der Waals surface area contributed by atoms with Crippen molar-refractivity contribution < 1.29 is 4.42 Å². The number of rotatable bonds is 6. The zero-order chi connectivity index (χ0) is 31.9. The Hall–Kier alpha value is -6.38. The summed E-state index contributed by atoms with van der Waals surface area (Å²) in [5.41, 5.74) is 12.1. The van der Waals surface area contributed by atoms with Gasteiger partial charge in [0.2, 0.25) is 0 Å². The highest BCUT2D eigenvalue weighted by Crippen LogP contribution is 2.43. The predicted molar refractivity (Wildman–Crippen MR) is 202 cm³/mol. The number of benzene rings is 8. The first-order valence-electron chi connectivity index (χ1n) is 16.3. The van der Waals surface area contributed by atoms with Crippen molar-refractivity contribution in [3.63, 3.8) is 0 Å². The number of fused-ring (bicyclic) bond motifs is 4. The highest BCUT2D eigenvalue weighted by molar-refractivity contribution is 6.10. The van der Waals surface area contributed by atoms with Gasteiger partial charge in [-0.25, -0.2) is 0 Å². The van der Waals surface area contributed by atoms with Gasteiger partial charge in [0.1, 0.15) is 5.58 Å². The lowest BCUT2D eigenvalue weighted by molar-refractivity contribution is 0.669. The molecular weight excluding hydrogens is 583 g/mol. The standard InChI is InChI=1S/C46H31NO/c1-2-11-32(12-3-1)33-23-25-34(26-24-33)35-27-29-38(30-28-35)47(44-21-10-20-43-42-18-6-7-22-45(42)48-46(43)44)39-16-8-15-37(31-39)41-19-9-14-36-13-4-5-17-40(36)41/h1-31H. The number of furan rings is 1. The Kier molecular flexibility index (Phi) is 6.84. The molecule has 1 aromatic heterocycles. The third-order valence-corrected chi connectivity index (χ3v) is 9.28. The van der Waals surface area contributed by atoms with E-state index in [9.17, 15) is 0 Å². The minimum absolute atomic E-state index is 0.870. The molecule has 0 fully saturated rings. The normalized spacial score (nSPS) is 11.3. The minimum Gasteiger partial charge on any atom is -0.454 e. The Labute approximate surface area is 279 Å². The molecule has 0 spiro atoms. The van der Waals surface area contributed by atoms with Crippen molar-refractivity contribution in [2.24, 2.45) is 0 Å². The Morgan fingerprint density at radius 3 is 1.71 bits per heavy atom. The molecule has 0 aliphatic heterocycles. The van der Waals surface area contributed by atoms with Crippen LogP contribution in [0.2, 0.25) is 0 Å². The first-order valence-corrected chi connectivity index (χ1v) is 16.3. The molecule has 0 bridgehead atoms. The monoisotopic (exact) mass is 613 g/mol. The third-order valence-electron chi connectivity index (χ3n) is 9.28. The molecule has 8 aromatic carbocycles. The van der Waals surface area contributed by atoms with Crippen LogP contribution in [0.1, 0.15) is 0 Å².